The number of hydrogen-bond donors (Lipinski definition) is 1. The number of carbonyl (C=O) groups excluding carboxylic acids is 2. The Balaban J connectivity index is 2.15. The van der Waals surface area contributed by atoms with E-state index in [1.165, 1.54) is 14.2 Å². The number of allylic oxidation sites excluding steroid dienone is 1. The molecule has 0 radical (unpaired) electrons. The van der Waals surface area contributed by atoms with Gasteiger partial charge in [-0.2, -0.15) is 0 Å². The Morgan fingerprint density at radius 2 is 1.63 bits per heavy atom. The van der Waals surface area contributed by atoms with E-state index in [9.17, 15) is 9.59 Å². The summed E-state index contributed by atoms with van der Waals surface area (Å²) < 4.78 is 19.8. The van der Waals surface area contributed by atoms with E-state index < -0.39 is 18.2 Å². The molecule has 0 bridgehead atoms. The van der Waals surface area contributed by atoms with Gasteiger partial charge >= 0.3 is 12.3 Å². The normalized spacial score (nSPS) is 16.3. The Bertz CT molecular complexity index is 945. The van der Waals surface area contributed by atoms with Crippen LogP contribution >= 0.6 is 0 Å². The number of ether oxygens (including phenoxy) is 4. The van der Waals surface area contributed by atoms with Crippen molar-refractivity contribution in [1.82, 2.24) is 5.43 Å². The standard InChI is InChI=1S/C19H18N2O6/c1-11-16(26-18(22)24-2)15(17(21-20-11)27-19(23)25-3)14-10-6-8-12-7-4-5-9-13(12)14/h4-10,15,20H,1-3H3. The monoisotopic (exact) mass is 370 g/mol. The first kappa shape index (κ1) is 18.2. The van der Waals surface area contributed by atoms with Gasteiger partial charge in [0.1, 0.15) is 11.7 Å². The highest BCUT2D eigenvalue weighted by Crippen LogP contribution is 2.36. The summed E-state index contributed by atoms with van der Waals surface area (Å²) in [4.78, 5) is 23.5. The molecule has 0 aromatic heterocycles. The first-order valence-corrected chi connectivity index (χ1v) is 8.08. The molecule has 1 N–H and O–H groups in total. The summed E-state index contributed by atoms with van der Waals surface area (Å²) in [6.07, 6.45) is -1.83. The van der Waals surface area contributed by atoms with Gasteiger partial charge in [0.25, 0.3) is 0 Å². The lowest BCUT2D eigenvalue weighted by Crippen LogP contribution is -2.32. The van der Waals surface area contributed by atoms with Crippen LogP contribution in [0.3, 0.4) is 0 Å². The molecule has 2 aromatic rings. The Hall–Kier alpha value is -3.55. The van der Waals surface area contributed by atoms with Crippen LogP contribution in [0.4, 0.5) is 9.59 Å². The molecule has 8 heteroatoms. The van der Waals surface area contributed by atoms with Crippen molar-refractivity contribution < 1.29 is 28.5 Å². The van der Waals surface area contributed by atoms with Crippen molar-refractivity contribution in [2.24, 2.45) is 5.10 Å². The van der Waals surface area contributed by atoms with E-state index >= 15 is 0 Å². The van der Waals surface area contributed by atoms with E-state index in [2.05, 4.69) is 20.0 Å². The fourth-order valence-electron chi connectivity index (χ4n) is 2.84. The number of nitrogens with one attached hydrogen (secondary N) is 1. The summed E-state index contributed by atoms with van der Waals surface area (Å²) in [5.74, 6) is -0.551. The fraction of sp³-hybridized carbons (Fsp3) is 0.211. The largest absolute Gasteiger partial charge is 0.514 e. The molecule has 0 saturated heterocycles. The average Bonchev–Trinajstić information content (AvgIpc) is 2.70. The summed E-state index contributed by atoms with van der Waals surface area (Å²) in [5, 5.41) is 5.97. The van der Waals surface area contributed by atoms with Crippen molar-refractivity contribution in [1.29, 1.82) is 0 Å². The molecule has 1 atom stereocenters. The second-order valence-corrected chi connectivity index (χ2v) is 5.66. The van der Waals surface area contributed by atoms with Gasteiger partial charge in [0, 0.05) is 0 Å². The molecule has 2 aromatic carbocycles. The summed E-state index contributed by atoms with van der Waals surface area (Å²) in [6.45, 7) is 1.69. The van der Waals surface area contributed by atoms with Gasteiger partial charge in [-0.05, 0) is 23.3 Å². The van der Waals surface area contributed by atoms with Crippen LogP contribution in [-0.4, -0.2) is 32.4 Å². The molecule has 140 valence electrons. The van der Waals surface area contributed by atoms with Gasteiger partial charge in [-0.3, -0.25) is 5.43 Å². The minimum absolute atomic E-state index is 0.0114. The predicted octanol–water partition coefficient (Wildman–Crippen LogP) is 3.64. The van der Waals surface area contributed by atoms with Crippen LogP contribution in [0.2, 0.25) is 0 Å². The molecule has 8 nitrogen and oxygen atoms in total. The zero-order chi connectivity index (χ0) is 19.4. The SMILES string of the molecule is COC(=O)OC1=NNC(C)=C(OC(=O)OC)C1c1cccc2ccccc12. The number of methoxy groups -OCH3 is 2. The summed E-state index contributed by atoms with van der Waals surface area (Å²) in [6, 6.07) is 13.4. The van der Waals surface area contributed by atoms with Crippen LogP contribution in [-0.2, 0) is 18.9 Å². The van der Waals surface area contributed by atoms with E-state index in [1.807, 2.05) is 42.5 Å². The van der Waals surface area contributed by atoms with Gasteiger partial charge < -0.3 is 18.9 Å². The number of hydrazone groups is 1. The first-order chi connectivity index (χ1) is 13.0. The smallest absolute Gasteiger partial charge is 0.437 e. The molecule has 0 saturated carbocycles. The van der Waals surface area contributed by atoms with Crippen LogP contribution in [0.1, 0.15) is 18.4 Å². The molecular formula is C19H18N2O6. The topological polar surface area (TPSA) is 95.5 Å². The Morgan fingerprint density at radius 1 is 0.963 bits per heavy atom. The third kappa shape index (κ3) is 3.69. The maximum atomic E-state index is 11.8. The molecule has 1 unspecified atom stereocenters. The maximum Gasteiger partial charge on any atom is 0.514 e. The second kappa shape index (κ2) is 7.77. The summed E-state index contributed by atoms with van der Waals surface area (Å²) in [7, 11) is 2.40. The molecule has 0 amide bonds. The molecule has 1 aliphatic heterocycles. The predicted molar refractivity (Wildman–Crippen MR) is 96.9 cm³/mol. The van der Waals surface area contributed by atoms with E-state index in [0.717, 1.165) is 16.3 Å². The molecule has 0 aliphatic carbocycles. The van der Waals surface area contributed by atoms with E-state index in [-0.39, 0.29) is 11.7 Å². The lowest BCUT2D eigenvalue weighted by atomic mass is 9.90. The zero-order valence-electron chi connectivity index (χ0n) is 15.0. The van der Waals surface area contributed by atoms with Gasteiger partial charge in [-0.1, -0.05) is 42.5 Å². The maximum absolute atomic E-state index is 11.8. The van der Waals surface area contributed by atoms with Gasteiger partial charge in [0.2, 0.25) is 5.90 Å². The van der Waals surface area contributed by atoms with Gasteiger partial charge in [0.05, 0.1) is 19.9 Å². The fourth-order valence-corrected chi connectivity index (χ4v) is 2.84. The van der Waals surface area contributed by atoms with E-state index in [4.69, 9.17) is 9.47 Å². The highest BCUT2D eigenvalue weighted by molar-refractivity contribution is 5.98. The second-order valence-electron chi connectivity index (χ2n) is 5.66. The highest BCUT2D eigenvalue weighted by atomic mass is 16.7. The third-order valence-electron chi connectivity index (χ3n) is 4.06. The molecule has 1 heterocycles. The van der Waals surface area contributed by atoms with Crippen molar-refractivity contribution in [2.75, 3.05) is 14.2 Å². The van der Waals surface area contributed by atoms with Crippen LogP contribution in [0, 0.1) is 0 Å². The van der Waals surface area contributed by atoms with Gasteiger partial charge in [-0.25, -0.2) is 9.59 Å². The van der Waals surface area contributed by atoms with Crippen molar-refractivity contribution >= 4 is 29.0 Å². The number of benzene rings is 2. The Labute approximate surface area is 155 Å². The number of fused-ring (bicyclic) bond motifs is 1. The van der Waals surface area contributed by atoms with E-state index in [1.54, 1.807) is 6.92 Å². The van der Waals surface area contributed by atoms with Crippen LogP contribution < -0.4 is 5.43 Å². The first-order valence-electron chi connectivity index (χ1n) is 8.08. The molecule has 3 rings (SSSR count). The number of carbonyl (C=O) groups is 2. The zero-order valence-corrected chi connectivity index (χ0v) is 15.0. The molecule has 0 spiro atoms. The van der Waals surface area contributed by atoms with Gasteiger partial charge in [0.15, 0.2) is 0 Å². The van der Waals surface area contributed by atoms with Crippen molar-refractivity contribution in [3.05, 3.63) is 59.5 Å². The Morgan fingerprint density at radius 3 is 2.37 bits per heavy atom. The minimum atomic E-state index is -0.933. The van der Waals surface area contributed by atoms with Crippen molar-refractivity contribution in [2.45, 2.75) is 12.8 Å². The Kier molecular flexibility index (Phi) is 5.25. The van der Waals surface area contributed by atoms with Gasteiger partial charge in [-0.15, -0.1) is 5.10 Å². The highest BCUT2D eigenvalue weighted by Gasteiger charge is 2.35. The van der Waals surface area contributed by atoms with Crippen molar-refractivity contribution in [3.8, 4) is 0 Å². The number of hydrogen-bond acceptors (Lipinski definition) is 8. The minimum Gasteiger partial charge on any atom is -0.437 e. The lowest BCUT2D eigenvalue weighted by Gasteiger charge is -2.26. The molecular weight excluding hydrogens is 352 g/mol. The molecule has 1 aliphatic rings. The molecule has 27 heavy (non-hydrogen) atoms. The average molecular weight is 370 g/mol. The molecule has 0 fully saturated rings. The summed E-state index contributed by atoms with van der Waals surface area (Å²) >= 11 is 0. The van der Waals surface area contributed by atoms with Crippen molar-refractivity contribution in [3.63, 3.8) is 0 Å². The third-order valence-corrected chi connectivity index (χ3v) is 4.06. The quantitative estimate of drug-likeness (QED) is 0.806. The number of rotatable bonds is 2. The lowest BCUT2D eigenvalue weighted by molar-refractivity contribution is 0.0908. The van der Waals surface area contributed by atoms with Crippen LogP contribution in [0.15, 0.2) is 59.0 Å². The van der Waals surface area contributed by atoms with E-state index in [0.29, 0.717) is 5.70 Å². The summed E-state index contributed by atoms with van der Waals surface area (Å²) in [5.41, 5.74) is 3.92. The van der Waals surface area contributed by atoms with Crippen LogP contribution in [0.25, 0.3) is 10.8 Å². The van der Waals surface area contributed by atoms with Crippen LogP contribution in [0.5, 0.6) is 0 Å². The number of nitrogens with zero attached hydrogens (tertiary/aromatic N) is 1.